The molecule has 0 aliphatic carbocycles. The summed E-state index contributed by atoms with van der Waals surface area (Å²) in [6.07, 6.45) is 3.26. The van der Waals surface area contributed by atoms with E-state index in [1.54, 1.807) is 0 Å². The lowest BCUT2D eigenvalue weighted by Gasteiger charge is -2.31. The van der Waals surface area contributed by atoms with E-state index in [1.807, 2.05) is 23.1 Å². The summed E-state index contributed by atoms with van der Waals surface area (Å²) in [4.78, 5) is 14.6. The van der Waals surface area contributed by atoms with E-state index in [4.69, 9.17) is 18.0 Å². The first-order valence-electron chi connectivity index (χ1n) is 7.10. The van der Waals surface area contributed by atoms with Crippen molar-refractivity contribution >= 4 is 28.8 Å². The molecule has 0 aromatic heterocycles. The van der Waals surface area contributed by atoms with Crippen LogP contribution in [0.1, 0.15) is 38.7 Å². The van der Waals surface area contributed by atoms with Crippen LogP contribution in [0.15, 0.2) is 24.3 Å². The van der Waals surface area contributed by atoms with E-state index < -0.39 is 0 Å². The molecule has 2 N–H and O–H groups in total. The Kier molecular flexibility index (Phi) is 4.43. The van der Waals surface area contributed by atoms with E-state index in [-0.39, 0.29) is 11.3 Å². The van der Waals surface area contributed by atoms with Crippen molar-refractivity contribution < 1.29 is 4.79 Å². The van der Waals surface area contributed by atoms with Crippen molar-refractivity contribution in [3.63, 3.8) is 0 Å². The van der Waals surface area contributed by atoms with Gasteiger partial charge in [-0.05, 0) is 30.9 Å². The van der Waals surface area contributed by atoms with Gasteiger partial charge in [-0.1, -0.05) is 44.3 Å². The topological polar surface area (TPSA) is 46.3 Å². The summed E-state index contributed by atoms with van der Waals surface area (Å²) in [6.45, 7) is 4.85. The molecule has 0 unspecified atom stereocenters. The average Bonchev–Trinajstić information content (AvgIpc) is 2.41. The van der Waals surface area contributed by atoms with Gasteiger partial charge >= 0.3 is 0 Å². The van der Waals surface area contributed by atoms with Crippen LogP contribution in [-0.4, -0.2) is 17.4 Å². The Bertz CT molecular complexity index is 525. The fraction of sp³-hybridized carbons (Fsp3) is 0.500. The smallest absolute Gasteiger partial charge is 0.227 e. The molecular weight excluding hydrogens is 268 g/mol. The van der Waals surface area contributed by atoms with Crippen molar-refractivity contribution in [2.24, 2.45) is 11.1 Å². The van der Waals surface area contributed by atoms with Crippen molar-refractivity contribution in [1.82, 2.24) is 0 Å². The van der Waals surface area contributed by atoms with Crippen molar-refractivity contribution in [2.75, 3.05) is 11.4 Å². The van der Waals surface area contributed by atoms with Gasteiger partial charge in [0.15, 0.2) is 0 Å². The third-order valence-corrected chi connectivity index (χ3v) is 4.59. The maximum absolute atomic E-state index is 12.1. The summed E-state index contributed by atoms with van der Waals surface area (Å²) in [5.74, 6) is 0.219. The van der Waals surface area contributed by atoms with Crippen LogP contribution in [0.25, 0.3) is 0 Å². The zero-order chi connectivity index (χ0) is 14.8. The zero-order valence-corrected chi connectivity index (χ0v) is 13.0. The van der Waals surface area contributed by atoms with Crippen LogP contribution in [0.3, 0.4) is 0 Å². The molecule has 3 nitrogen and oxygen atoms in total. The van der Waals surface area contributed by atoms with Gasteiger partial charge in [-0.3, -0.25) is 4.79 Å². The quantitative estimate of drug-likeness (QED) is 0.848. The molecule has 0 saturated heterocycles. The number of fused-ring (bicyclic) bond motifs is 1. The fourth-order valence-electron chi connectivity index (χ4n) is 2.54. The lowest BCUT2D eigenvalue weighted by atomic mass is 9.87. The number of hydrogen-bond donors (Lipinski definition) is 1. The van der Waals surface area contributed by atoms with Crippen LogP contribution < -0.4 is 10.6 Å². The molecule has 108 valence electrons. The van der Waals surface area contributed by atoms with Gasteiger partial charge in [0, 0.05) is 24.1 Å². The summed E-state index contributed by atoms with van der Waals surface area (Å²) in [7, 11) is 0. The molecule has 0 radical (unpaired) electrons. The number of thiocarbonyl (C=S) groups is 1. The second-order valence-corrected chi connectivity index (χ2v) is 6.47. The van der Waals surface area contributed by atoms with E-state index in [0.29, 0.717) is 11.4 Å². The summed E-state index contributed by atoms with van der Waals surface area (Å²) in [5.41, 5.74) is 7.93. The van der Waals surface area contributed by atoms with Crippen LogP contribution >= 0.6 is 12.2 Å². The number of carbonyl (C=O) groups is 1. The molecule has 4 heteroatoms. The minimum atomic E-state index is -0.145. The first-order chi connectivity index (χ1) is 9.42. The summed E-state index contributed by atoms with van der Waals surface area (Å²) < 4.78 is 0. The van der Waals surface area contributed by atoms with Crippen molar-refractivity contribution in [1.29, 1.82) is 0 Å². The average molecular weight is 290 g/mol. The maximum Gasteiger partial charge on any atom is 0.227 e. The second kappa shape index (κ2) is 5.92. The Morgan fingerprint density at radius 1 is 1.35 bits per heavy atom. The minimum absolute atomic E-state index is 0.145. The zero-order valence-electron chi connectivity index (χ0n) is 12.2. The van der Waals surface area contributed by atoms with Gasteiger partial charge in [0.2, 0.25) is 5.91 Å². The van der Waals surface area contributed by atoms with Crippen LogP contribution in [0, 0.1) is 5.41 Å². The van der Waals surface area contributed by atoms with Crippen LogP contribution in [0.5, 0.6) is 0 Å². The number of nitrogens with two attached hydrogens (primary N) is 1. The molecule has 1 amide bonds. The van der Waals surface area contributed by atoms with Crippen LogP contribution in [-0.2, 0) is 11.2 Å². The number of para-hydroxylation sites is 1. The molecule has 0 spiro atoms. The van der Waals surface area contributed by atoms with Crippen molar-refractivity contribution in [2.45, 2.75) is 39.5 Å². The molecule has 0 fully saturated rings. The normalized spacial score (nSPS) is 15.1. The largest absolute Gasteiger partial charge is 0.393 e. The van der Waals surface area contributed by atoms with Gasteiger partial charge in [0.05, 0.1) is 4.99 Å². The monoisotopic (exact) mass is 290 g/mol. The number of aryl methyl sites for hydroxylation is 1. The van der Waals surface area contributed by atoms with Crippen molar-refractivity contribution in [3.8, 4) is 0 Å². The highest BCUT2D eigenvalue weighted by Crippen LogP contribution is 2.29. The highest BCUT2D eigenvalue weighted by molar-refractivity contribution is 7.80. The molecule has 0 saturated carbocycles. The third kappa shape index (κ3) is 3.18. The summed E-state index contributed by atoms with van der Waals surface area (Å²) >= 11 is 5.08. The molecule has 20 heavy (non-hydrogen) atoms. The maximum atomic E-state index is 12.1. The molecule has 0 bridgehead atoms. The van der Waals surface area contributed by atoms with E-state index >= 15 is 0 Å². The fourth-order valence-corrected chi connectivity index (χ4v) is 2.65. The van der Waals surface area contributed by atoms with Gasteiger partial charge in [0.1, 0.15) is 0 Å². The molecular formula is C16H22N2OS. The van der Waals surface area contributed by atoms with Crippen LogP contribution in [0.4, 0.5) is 5.69 Å². The highest BCUT2D eigenvalue weighted by atomic mass is 32.1. The van der Waals surface area contributed by atoms with E-state index in [2.05, 4.69) is 19.9 Å². The van der Waals surface area contributed by atoms with Gasteiger partial charge in [-0.15, -0.1) is 0 Å². The van der Waals surface area contributed by atoms with E-state index in [0.717, 1.165) is 31.5 Å². The Morgan fingerprint density at radius 2 is 2.05 bits per heavy atom. The van der Waals surface area contributed by atoms with Gasteiger partial charge in [-0.25, -0.2) is 0 Å². The lowest BCUT2D eigenvalue weighted by Crippen LogP contribution is -2.37. The first kappa shape index (κ1) is 15.0. The second-order valence-electron chi connectivity index (χ2n) is 6.03. The summed E-state index contributed by atoms with van der Waals surface area (Å²) in [6, 6.07) is 8.16. The van der Waals surface area contributed by atoms with Gasteiger partial charge in [0.25, 0.3) is 0 Å². The Labute approximate surface area is 126 Å². The highest BCUT2D eigenvalue weighted by Gasteiger charge is 2.25. The standard InChI is InChI=1S/C16H22N2OS/c1-16(2,15(17)20)10-5-11-18-13-7-4-3-6-12(13)8-9-14(18)19/h3-4,6-7H,5,8-11H2,1-2H3,(H2,17,20). The number of amides is 1. The van der Waals surface area contributed by atoms with Gasteiger partial charge in [-0.2, -0.15) is 0 Å². The molecule has 1 aliphatic rings. The Morgan fingerprint density at radius 3 is 2.75 bits per heavy atom. The number of rotatable bonds is 5. The Balaban J connectivity index is 2.03. The third-order valence-electron chi connectivity index (χ3n) is 4.04. The number of anilines is 1. The van der Waals surface area contributed by atoms with E-state index in [9.17, 15) is 4.79 Å². The molecule has 0 atom stereocenters. The predicted octanol–water partition coefficient (Wildman–Crippen LogP) is 3.06. The van der Waals surface area contributed by atoms with Gasteiger partial charge < -0.3 is 10.6 Å². The molecule has 1 aromatic rings. The summed E-state index contributed by atoms with van der Waals surface area (Å²) in [5, 5.41) is 0. The number of hydrogen-bond acceptors (Lipinski definition) is 2. The molecule has 1 aliphatic heterocycles. The number of carbonyl (C=O) groups excluding carboxylic acids is 1. The number of nitrogens with zero attached hydrogens (tertiary/aromatic N) is 1. The van der Waals surface area contributed by atoms with Crippen molar-refractivity contribution in [3.05, 3.63) is 29.8 Å². The SMILES string of the molecule is CC(C)(CCCN1C(=O)CCc2ccccc21)C(N)=S. The Hall–Kier alpha value is -1.42. The van der Waals surface area contributed by atoms with Crippen LogP contribution in [0.2, 0.25) is 0 Å². The van der Waals surface area contributed by atoms with E-state index in [1.165, 1.54) is 5.56 Å². The first-order valence-corrected chi connectivity index (χ1v) is 7.51. The predicted molar refractivity (Wildman–Crippen MR) is 86.9 cm³/mol. The molecule has 1 aromatic carbocycles. The molecule has 1 heterocycles. The minimum Gasteiger partial charge on any atom is -0.393 e. The lowest BCUT2D eigenvalue weighted by molar-refractivity contribution is -0.118. The molecule has 2 rings (SSSR count). The number of benzene rings is 1.